The van der Waals surface area contributed by atoms with E-state index in [1.807, 2.05) is 0 Å². The molecule has 1 aliphatic heterocycles. The molecule has 5 unspecified atom stereocenters. The standard InChI is InChI=1S/C10H9BrF2O7S/c11-9-2-3-1-4(9)6(18-7(9)14)5(3)17-8(15)10(12,13)21-20-19-16/h3-6,16H,1-2H2/p-1. The molecule has 2 bridgehead atoms. The van der Waals surface area contributed by atoms with Crippen molar-refractivity contribution in [3.05, 3.63) is 0 Å². The van der Waals surface area contributed by atoms with Crippen molar-refractivity contribution in [2.24, 2.45) is 11.8 Å². The van der Waals surface area contributed by atoms with Crippen molar-refractivity contribution in [2.75, 3.05) is 0 Å². The molecule has 3 aliphatic rings. The number of alkyl halides is 3. The Bertz CT molecular complexity index is 492. The molecule has 0 aromatic rings. The third kappa shape index (κ3) is 2.25. The fourth-order valence-corrected chi connectivity index (χ4v) is 4.51. The summed E-state index contributed by atoms with van der Waals surface area (Å²) in [4.78, 5) is 23.2. The van der Waals surface area contributed by atoms with Crippen LogP contribution in [0.5, 0.6) is 0 Å². The lowest BCUT2D eigenvalue weighted by molar-refractivity contribution is -0.777. The number of fused-ring (bicyclic) bond motifs is 1. The van der Waals surface area contributed by atoms with E-state index in [1.54, 1.807) is 0 Å². The lowest BCUT2D eigenvalue weighted by Crippen LogP contribution is -2.43. The maximum atomic E-state index is 13.3. The molecule has 0 spiro atoms. The van der Waals surface area contributed by atoms with Gasteiger partial charge in [0, 0.05) is 11.8 Å². The van der Waals surface area contributed by atoms with Gasteiger partial charge in [-0.25, -0.2) is 4.79 Å². The van der Waals surface area contributed by atoms with Crippen molar-refractivity contribution in [3.63, 3.8) is 0 Å². The van der Waals surface area contributed by atoms with Crippen molar-refractivity contribution < 1.29 is 42.5 Å². The van der Waals surface area contributed by atoms with Crippen LogP contribution in [0.1, 0.15) is 12.8 Å². The Balaban J connectivity index is 1.68. The fraction of sp³-hybridized carbons (Fsp3) is 0.800. The van der Waals surface area contributed by atoms with Crippen LogP contribution in [-0.2, 0) is 28.4 Å². The van der Waals surface area contributed by atoms with Crippen LogP contribution in [0.3, 0.4) is 0 Å². The van der Waals surface area contributed by atoms with Gasteiger partial charge >= 0.3 is 17.2 Å². The second kappa shape index (κ2) is 5.01. The van der Waals surface area contributed by atoms with Crippen LogP contribution in [0.25, 0.3) is 0 Å². The molecule has 7 nitrogen and oxygen atoms in total. The van der Waals surface area contributed by atoms with Gasteiger partial charge < -0.3 is 14.7 Å². The lowest BCUT2D eigenvalue weighted by Gasteiger charge is -2.29. The fourth-order valence-electron chi connectivity index (χ4n) is 3.32. The SMILES string of the molecule is O=C(OC1C2CC3C1OC(=O)C3(Br)C2)C(F)(F)SOO[O-]. The Morgan fingerprint density at radius 1 is 1.57 bits per heavy atom. The van der Waals surface area contributed by atoms with Gasteiger partial charge in [-0.3, -0.25) is 9.83 Å². The monoisotopic (exact) mass is 389 g/mol. The molecule has 1 saturated heterocycles. The highest BCUT2D eigenvalue weighted by atomic mass is 79.9. The first kappa shape index (κ1) is 15.4. The Kier molecular flexibility index (Phi) is 3.68. The van der Waals surface area contributed by atoms with Gasteiger partial charge in [-0.05, 0) is 12.8 Å². The maximum absolute atomic E-state index is 13.3. The van der Waals surface area contributed by atoms with Crippen molar-refractivity contribution in [1.82, 2.24) is 0 Å². The van der Waals surface area contributed by atoms with E-state index < -0.39 is 45.8 Å². The molecule has 3 rings (SSSR count). The largest absolute Gasteiger partial charge is 0.691 e. The maximum Gasteiger partial charge on any atom is 0.415 e. The summed E-state index contributed by atoms with van der Waals surface area (Å²) < 4.78 is 39.2. The molecule has 5 atom stereocenters. The quantitative estimate of drug-likeness (QED) is 0.220. The molecular weight excluding hydrogens is 382 g/mol. The Labute approximate surface area is 129 Å². The van der Waals surface area contributed by atoms with E-state index in [4.69, 9.17) is 9.47 Å². The summed E-state index contributed by atoms with van der Waals surface area (Å²) in [7, 11) is 0. The molecular formula is C10H8BrF2O7S-. The summed E-state index contributed by atoms with van der Waals surface area (Å²) in [5, 5.41) is 8.21. The number of hydrogen-bond acceptors (Lipinski definition) is 8. The Hall–Kier alpha value is -0.490. The third-order valence-corrected chi connectivity index (χ3v) is 5.85. The highest BCUT2D eigenvalue weighted by molar-refractivity contribution is 9.10. The molecule has 1 heterocycles. The Morgan fingerprint density at radius 2 is 2.29 bits per heavy atom. The lowest BCUT2D eigenvalue weighted by atomic mass is 9.88. The van der Waals surface area contributed by atoms with Gasteiger partial charge in [-0.2, -0.15) is 13.1 Å². The molecule has 0 radical (unpaired) electrons. The highest BCUT2D eigenvalue weighted by Gasteiger charge is 2.71. The van der Waals surface area contributed by atoms with Gasteiger partial charge in [0.1, 0.15) is 28.6 Å². The number of rotatable bonds is 5. The second-order valence-electron chi connectivity index (χ2n) is 5.14. The van der Waals surface area contributed by atoms with Crippen LogP contribution >= 0.6 is 28.0 Å². The number of halogens is 3. The number of carbonyl (C=O) groups excluding carboxylic acids is 2. The van der Waals surface area contributed by atoms with E-state index in [9.17, 15) is 23.6 Å². The van der Waals surface area contributed by atoms with E-state index in [1.165, 1.54) is 0 Å². The van der Waals surface area contributed by atoms with E-state index in [0.29, 0.717) is 12.8 Å². The molecule has 21 heavy (non-hydrogen) atoms. The first-order valence-electron chi connectivity index (χ1n) is 5.93. The molecule has 118 valence electrons. The number of hydrogen-bond donors (Lipinski definition) is 0. The average molecular weight is 390 g/mol. The molecule has 0 aromatic carbocycles. The molecule has 0 N–H and O–H groups in total. The van der Waals surface area contributed by atoms with Crippen LogP contribution in [0.2, 0.25) is 0 Å². The average Bonchev–Trinajstić information content (AvgIpc) is 2.97. The van der Waals surface area contributed by atoms with Gasteiger partial charge in [0.25, 0.3) is 0 Å². The van der Waals surface area contributed by atoms with Crippen molar-refractivity contribution >= 4 is 39.9 Å². The highest BCUT2D eigenvalue weighted by Crippen LogP contribution is 2.61. The zero-order chi connectivity index (χ0) is 15.4. The summed E-state index contributed by atoms with van der Waals surface area (Å²) in [6.45, 7) is 0. The van der Waals surface area contributed by atoms with Crippen molar-refractivity contribution in [1.29, 1.82) is 0 Å². The number of esters is 2. The first-order chi connectivity index (χ1) is 9.79. The number of ether oxygens (including phenoxy) is 2. The van der Waals surface area contributed by atoms with E-state index in [0.717, 1.165) is 0 Å². The van der Waals surface area contributed by atoms with E-state index >= 15 is 0 Å². The first-order valence-corrected chi connectivity index (χ1v) is 7.46. The molecule has 11 heteroatoms. The smallest absolute Gasteiger partial charge is 0.415 e. The topological polar surface area (TPSA) is 94.1 Å². The van der Waals surface area contributed by atoms with Gasteiger partial charge in [0.15, 0.2) is 0 Å². The summed E-state index contributed by atoms with van der Waals surface area (Å²) in [6, 6.07) is 0. The molecule has 2 saturated carbocycles. The molecule has 0 amide bonds. The van der Waals surface area contributed by atoms with Gasteiger partial charge in [0.05, 0.1) is 0 Å². The summed E-state index contributed by atoms with van der Waals surface area (Å²) in [6.07, 6.45) is -0.723. The van der Waals surface area contributed by atoms with E-state index in [-0.39, 0.29) is 11.8 Å². The molecule has 3 fully saturated rings. The minimum atomic E-state index is -4.10. The second-order valence-corrected chi connectivity index (χ2v) is 7.38. The minimum absolute atomic E-state index is 0.199. The van der Waals surface area contributed by atoms with Crippen molar-refractivity contribution in [3.8, 4) is 0 Å². The van der Waals surface area contributed by atoms with Crippen molar-refractivity contribution in [2.45, 2.75) is 34.6 Å². The zero-order valence-corrected chi connectivity index (χ0v) is 12.5. The third-order valence-electron chi connectivity index (χ3n) is 4.12. The normalized spacial score (nSPS) is 40.5. The summed E-state index contributed by atoms with van der Waals surface area (Å²) >= 11 is 2.59. The minimum Gasteiger partial charge on any atom is -0.691 e. The van der Waals surface area contributed by atoms with E-state index in [2.05, 4.69) is 25.3 Å². The van der Waals surface area contributed by atoms with Crippen LogP contribution in [0.4, 0.5) is 8.78 Å². The van der Waals surface area contributed by atoms with Gasteiger partial charge in [0.2, 0.25) is 0 Å². The summed E-state index contributed by atoms with van der Waals surface area (Å²) in [5.74, 6) is -2.75. The Morgan fingerprint density at radius 3 is 2.95 bits per heavy atom. The summed E-state index contributed by atoms with van der Waals surface area (Å²) in [5.41, 5.74) is 0. The van der Waals surface area contributed by atoms with Crippen LogP contribution in [0, 0.1) is 11.8 Å². The number of carbonyl (C=O) groups is 2. The van der Waals surface area contributed by atoms with Crippen LogP contribution in [0.15, 0.2) is 0 Å². The predicted molar refractivity (Wildman–Crippen MR) is 62.3 cm³/mol. The predicted octanol–water partition coefficient (Wildman–Crippen LogP) is 0.462. The van der Waals surface area contributed by atoms with Crippen LogP contribution < -0.4 is 5.26 Å². The van der Waals surface area contributed by atoms with Gasteiger partial charge in [-0.15, -0.1) is 0 Å². The van der Waals surface area contributed by atoms with Crippen LogP contribution in [-0.4, -0.2) is 33.7 Å². The zero-order valence-electron chi connectivity index (χ0n) is 10.1. The molecule has 0 aromatic heterocycles. The molecule has 2 aliphatic carbocycles. The van der Waals surface area contributed by atoms with Gasteiger partial charge in [-0.1, -0.05) is 15.9 Å².